The molecule has 0 N–H and O–H groups in total. The first-order valence-corrected chi connectivity index (χ1v) is 12.3. The van der Waals surface area contributed by atoms with E-state index in [4.69, 9.17) is 16.3 Å². The summed E-state index contributed by atoms with van der Waals surface area (Å²) in [5.41, 5.74) is 1.70. The van der Waals surface area contributed by atoms with Gasteiger partial charge in [0.2, 0.25) is 5.91 Å². The van der Waals surface area contributed by atoms with Crippen LogP contribution in [0, 0.1) is 0 Å². The van der Waals surface area contributed by atoms with Gasteiger partial charge in [0.05, 0.1) is 24.8 Å². The van der Waals surface area contributed by atoms with E-state index in [1.807, 2.05) is 36.4 Å². The molecule has 7 heteroatoms. The van der Waals surface area contributed by atoms with Crippen molar-refractivity contribution in [3.05, 3.63) is 53.6 Å². The van der Waals surface area contributed by atoms with E-state index in [2.05, 4.69) is 16.7 Å². The molecule has 6 nitrogen and oxygen atoms in total. The summed E-state index contributed by atoms with van der Waals surface area (Å²) >= 11 is 6.13. The number of rotatable bonds is 9. The molecule has 2 fully saturated rings. The Labute approximate surface area is 201 Å². The average molecular weight is 470 g/mol. The summed E-state index contributed by atoms with van der Waals surface area (Å²) in [6, 6.07) is 14.7. The van der Waals surface area contributed by atoms with Crippen LogP contribution in [-0.2, 0) is 9.59 Å². The maximum Gasteiger partial charge on any atom is 0.251 e. The van der Waals surface area contributed by atoms with E-state index < -0.39 is 6.04 Å². The summed E-state index contributed by atoms with van der Waals surface area (Å²) in [4.78, 5) is 31.6. The van der Waals surface area contributed by atoms with Crippen molar-refractivity contribution in [2.75, 3.05) is 42.6 Å². The van der Waals surface area contributed by atoms with E-state index in [0.717, 1.165) is 49.1 Å². The molecule has 2 saturated heterocycles. The molecular weight excluding hydrogens is 438 g/mol. The van der Waals surface area contributed by atoms with Crippen molar-refractivity contribution in [1.29, 1.82) is 0 Å². The van der Waals surface area contributed by atoms with Crippen LogP contribution in [-0.4, -0.2) is 55.5 Å². The lowest BCUT2D eigenvalue weighted by atomic mass is 10.1. The Kier molecular flexibility index (Phi) is 7.89. The van der Waals surface area contributed by atoms with Gasteiger partial charge < -0.3 is 9.64 Å². The Hall–Kier alpha value is -2.57. The zero-order valence-corrected chi connectivity index (χ0v) is 20.0. The number of amides is 2. The van der Waals surface area contributed by atoms with Gasteiger partial charge in [0.15, 0.2) is 0 Å². The number of unbranched alkanes of at least 4 members (excludes halogenated alkanes) is 3. The quantitative estimate of drug-likeness (QED) is 0.391. The number of piperazine rings is 1. The largest absolute Gasteiger partial charge is 0.494 e. The number of hydrogen-bond acceptors (Lipinski definition) is 5. The zero-order chi connectivity index (χ0) is 23.2. The third kappa shape index (κ3) is 5.68. The van der Waals surface area contributed by atoms with Gasteiger partial charge in [-0.2, -0.15) is 0 Å². The number of imide groups is 1. The SMILES string of the molecule is CCCCCCOc1ccc(N2C(=O)C[C@H](N3CCN(c4cccc(Cl)c4)CC3)C2=O)cc1. The summed E-state index contributed by atoms with van der Waals surface area (Å²) in [5, 5.41) is 0.718. The van der Waals surface area contributed by atoms with E-state index in [-0.39, 0.29) is 18.2 Å². The molecule has 2 aromatic carbocycles. The van der Waals surface area contributed by atoms with E-state index in [0.29, 0.717) is 12.3 Å². The number of benzene rings is 2. The number of nitrogens with zero attached hydrogens (tertiary/aromatic N) is 3. The first kappa shape index (κ1) is 23.6. The smallest absolute Gasteiger partial charge is 0.251 e. The van der Waals surface area contributed by atoms with E-state index in [1.54, 1.807) is 12.1 Å². The predicted octanol–water partition coefficient (Wildman–Crippen LogP) is 4.75. The van der Waals surface area contributed by atoms with Crippen LogP contribution in [0.3, 0.4) is 0 Å². The Balaban J connectivity index is 1.32. The van der Waals surface area contributed by atoms with Gasteiger partial charge in [-0.1, -0.05) is 43.9 Å². The normalized spacial score (nSPS) is 19.4. The molecular formula is C26H32ClN3O3. The predicted molar refractivity (Wildman–Crippen MR) is 132 cm³/mol. The van der Waals surface area contributed by atoms with Crippen molar-refractivity contribution < 1.29 is 14.3 Å². The van der Waals surface area contributed by atoms with Crippen LogP contribution in [0.4, 0.5) is 11.4 Å². The molecule has 0 unspecified atom stereocenters. The maximum atomic E-state index is 13.2. The number of ether oxygens (including phenoxy) is 1. The highest BCUT2D eigenvalue weighted by molar-refractivity contribution is 6.30. The minimum Gasteiger partial charge on any atom is -0.494 e. The number of hydrogen-bond donors (Lipinski definition) is 0. The summed E-state index contributed by atoms with van der Waals surface area (Å²) in [5.74, 6) is 0.489. The molecule has 2 aliphatic heterocycles. The molecule has 176 valence electrons. The van der Waals surface area contributed by atoms with Crippen molar-refractivity contribution in [3.63, 3.8) is 0 Å². The van der Waals surface area contributed by atoms with Crippen molar-refractivity contribution in [2.45, 2.75) is 45.1 Å². The Morgan fingerprint density at radius 3 is 2.39 bits per heavy atom. The fourth-order valence-corrected chi connectivity index (χ4v) is 4.73. The van der Waals surface area contributed by atoms with Gasteiger partial charge in [-0.15, -0.1) is 0 Å². The van der Waals surface area contributed by atoms with Crippen LogP contribution in [0.5, 0.6) is 5.75 Å². The molecule has 33 heavy (non-hydrogen) atoms. The summed E-state index contributed by atoms with van der Waals surface area (Å²) in [6.07, 6.45) is 4.85. The first-order valence-electron chi connectivity index (χ1n) is 11.9. The fourth-order valence-electron chi connectivity index (χ4n) is 4.55. The van der Waals surface area contributed by atoms with Crippen LogP contribution in [0.1, 0.15) is 39.0 Å². The summed E-state index contributed by atoms with van der Waals surface area (Å²) < 4.78 is 5.78. The lowest BCUT2D eigenvalue weighted by Crippen LogP contribution is -2.52. The zero-order valence-electron chi connectivity index (χ0n) is 19.2. The molecule has 2 aliphatic rings. The number of carbonyl (C=O) groups excluding carboxylic acids is 2. The van der Waals surface area contributed by atoms with Crippen molar-refractivity contribution in [2.24, 2.45) is 0 Å². The minimum absolute atomic E-state index is 0.135. The van der Waals surface area contributed by atoms with Gasteiger partial charge in [-0.3, -0.25) is 14.5 Å². The van der Waals surface area contributed by atoms with Crippen LogP contribution in [0.15, 0.2) is 48.5 Å². The number of carbonyl (C=O) groups is 2. The summed E-state index contributed by atoms with van der Waals surface area (Å²) in [7, 11) is 0. The molecule has 2 amide bonds. The Bertz CT molecular complexity index is 958. The van der Waals surface area contributed by atoms with Gasteiger partial charge in [-0.25, -0.2) is 4.90 Å². The average Bonchev–Trinajstić information content (AvgIpc) is 3.13. The molecule has 2 heterocycles. The van der Waals surface area contributed by atoms with Crippen LogP contribution >= 0.6 is 11.6 Å². The topological polar surface area (TPSA) is 53.1 Å². The highest BCUT2D eigenvalue weighted by atomic mass is 35.5. The van der Waals surface area contributed by atoms with Gasteiger partial charge >= 0.3 is 0 Å². The van der Waals surface area contributed by atoms with Crippen LogP contribution in [0.25, 0.3) is 0 Å². The first-order chi connectivity index (χ1) is 16.1. The fraction of sp³-hybridized carbons (Fsp3) is 0.462. The highest BCUT2D eigenvalue weighted by Gasteiger charge is 2.43. The molecule has 0 aliphatic carbocycles. The second-order valence-electron chi connectivity index (χ2n) is 8.69. The highest BCUT2D eigenvalue weighted by Crippen LogP contribution is 2.29. The summed E-state index contributed by atoms with van der Waals surface area (Å²) in [6.45, 7) is 5.92. The van der Waals surface area contributed by atoms with Crippen LogP contribution < -0.4 is 14.5 Å². The molecule has 0 radical (unpaired) electrons. The third-order valence-corrected chi connectivity index (χ3v) is 6.65. The van der Waals surface area contributed by atoms with Gasteiger partial charge in [-0.05, 0) is 48.9 Å². The minimum atomic E-state index is -0.395. The van der Waals surface area contributed by atoms with E-state index in [1.165, 1.54) is 24.2 Å². The maximum absolute atomic E-state index is 13.2. The Morgan fingerprint density at radius 1 is 0.939 bits per heavy atom. The standard InChI is InChI=1S/C26H32ClN3O3/c1-2-3-4-5-17-33-23-11-9-21(10-12-23)30-25(31)19-24(26(30)32)29-15-13-28(14-16-29)22-8-6-7-20(27)18-22/h6-12,18,24H,2-5,13-17,19H2,1H3/t24-/m0/s1. The molecule has 1 atom stereocenters. The van der Waals surface area contributed by atoms with Crippen LogP contribution in [0.2, 0.25) is 5.02 Å². The van der Waals surface area contributed by atoms with Gasteiger partial charge in [0.1, 0.15) is 5.75 Å². The van der Waals surface area contributed by atoms with Gasteiger partial charge in [0, 0.05) is 36.9 Å². The molecule has 0 aromatic heterocycles. The lowest BCUT2D eigenvalue weighted by Gasteiger charge is -2.38. The molecule has 0 spiro atoms. The van der Waals surface area contributed by atoms with Crippen molar-refractivity contribution >= 4 is 34.8 Å². The third-order valence-electron chi connectivity index (χ3n) is 6.41. The molecule has 4 rings (SSSR count). The second kappa shape index (κ2) is 11.0. The monoisotopic (exact) mass is 469 g/mol. The molecule has 0 bridgehead atoms. The van der Waals surface area contributed by atoms with Crippen molar-refractivity contribution in [1.82, 2.24) is 4.90 Å². The van der Waals surface area contributed by atoms with Crippen molar-refractivity contribution in [3.8, 4) is 5.75 Å². The Morgan fingerprint density at radius 2 is 1.70 bits per heavy atom. The van der Waals surface area contributed by atoms with Gasteiger partial charge in [0.25, 0.3) is 5.91 Å². The lowest BCUT2D eigenvalue weighted by molar-refractivity contribution is -0.123. The van der Waals surface area contributed by atoms with E-state index in [9.17, 15) is 9.59 Å². The molecule has 0 saturated carbocycles. The second-order valence-corrected chi connectivity index (χ2v) is 9.13. The number of halogens is 1. The molecule has 2 aromatic rings. The van der Waals surface area contributed by atoms with E-state index >= 15 is 0 Å². The number of anilines is 2.